The van der Waals surface area contributed by atoms with Gasteiger partial charge in [-0.05, 0) is 52.0 Å². The minimum atomic E-state index is -2.55. The maximum atomic E-state index is 7.75. The molecule has 193 valence electrons. The predicted molar refractivity (Wildman–Crippen MR) is 162 cm³/mol. The third kappa shape index (κ3) is 6.03. The first kappa shape index (κ1) is 20.9. The van der Waals surface area contributed by atoms with Gasteiger partial charge in [0, 0.05) is 45.4 Å². The van der Waals surface area contributed by atoms with Crippen LogP contribution in [0, 0.1) is 25.8 Å². The third-order valence-corrected chi connectivity index (χ3v) is 9.35. The summed E-state index contributed by atoms with van der Waals surface area (Å²) < 4.78 is 48.1. The Kier molecular flexibility index (Phi) is 6.52. The number of fused-ring (bicyclic) bond motifs is 3. The van der Waals surface area contributed by atoms with Crippen molar-refractivity contribution in [3.05, 3.63) is 115 Å². The number of benzene rings is 3. The second-order valence-corrected chi connectivity index (χ2v) is 15.9. The SMILES string of the molecule is C[Si](C)(C)c1ccc(-c2[c-]cccc2)nc1.[2H]C([2H])([2H])c1cnc(-c2[c-]ccc3c2sc2ccccc23)cc1C([2H])([2H])[2H].[Ir]. The van der Waals surface area contributed by atoms with Crippen LogP contribution in [0.3, 0.4) is 0 Å². The maximum Gasteiger partial charge on any atom is 0.0795 e. The van der Waals surface area contributed by atoms with E-state index in [1.54, 1.807) is 17.4 Å². The summed E-state index contributed by atoms with van der Waals surface area (Å²) in [6.45, 7) is 1.91. The fourth-order valence-corrected chi connectivity index (χ4v) is 6.27. The van der Waals surface area contributed by atoms with Gasteiger partial charge >= 0.3 is 0 Å². The maximum absolute atomic E-state index is 7.75. The number of aromatic nitrogens is 2. The van der Waals surface area contributed by atoms with Crippen molar-refractivity contribution in [2.75, 3.05) is 0 Å². The first-order chi connectivity index (χ1) is 20.2. The van der Waals surface area contributed by atoms with Crippen LogP contribution in [-0.2, 0) is 20.1 Å². The minimum Gasteiger partial charge on any atom is -0.305 e. The molecule has 0 fully saturated rings. The molecule has 0 saturated heterocycles. The van der Waals surface area contributed by atoms with Crippen LogP contribution in [0.1, 0.15) is 19.4 Å². The number of thiophene rings is 1. The molecule has 0 saturated carbocycles. The molecule has 38 heavy (non-hydrogen) atoms. The van der Waals surface area contributed by atoms with Crippen molar-refractivity contribution in [3.8, 4) is 22.5 Å². The smallest absolute Gasteiger partial charge is 0.0795 e. The van der Waals surface area contributed by atoms with Crippen LogP contribution in [-0.4, -0.2) is 18.0 Å². The van der Waals surface area contributed by atoms with E-state index >= 15 is 0 Å². The van der Waals surface area contributed by atoms with Crippen molar-refractivity contribution in [1.82, 2.24) is 9.97 Å². The van der Waals surface area contributed by atoms with Crippen LogP contribution in [0.15, 0.2) is 91.3 Å². The van der Waals surface area contributed by atoms with Gasteiger partial charge in [-0.1, -0.05) is 67.0 Å². The molecule has 0 aliphatic heterocycles. The zero-order valence-electron chi connectivity index (χ0n) is 27.3. The Morgan fingerprint density at radius 1 is 0.763 bits per heavy atom. The van der Waals surface area contributed by atoms with Gasteiger partial charge in [-0.15, -0.1) is 59.7 Å². The molecule has 0 atom stereocenters. The summed E-state index contributed by atoms with van der Waals surface area (Å²) in [6, 6.07) is 31.7. The van der Waals surface area contributed by atoms with E-state index in [2.05, 4.69) is 53.9 Å². The quantitative estimate of drug-likeness (QED) is 0.136. The molecule has 6 rings (SSSR count). The Balaban J connectivity index is 0.000000223. The van der Waals surface area contributed by atoms with Crippen LogP contribution in [0.2, 0.25) is 19.6 Å². The first-order valence-electron chi connectivity index (χ1n) is 15.0. The van der Waals surface area contributed by atoms with Crippen molar-refractivity contribution >= 4 is 44.8 Å². The van der Waals surface area contributed by atoms with Gasteiger partial charge in [0.25, 0.3) is 0 Å². The summed E-state index contributed by atoms with van der Waals surface area (Å²) in [5.41, 5.74) is 2.71. The van der Waals surface area contributed by atoms with E-state index in [9.17, 15) is 0 Å². The van der Waals surface area contributed by atoms with E-state index in [4.69, 9.17) is 8.22 Å². The fourth-order valence-electron chi connectivity index (χ4n) is 4.02. The molecule has 0 aliphatic rings. The molecule has 0 N–H and O–H groups in total. The van der Waals surface area contributed by atoms with Crippen LogP contribution in [0.4, 0.5) is 0 Å². The zero-order chi connectivity index (χ0) is 31.0. The van der Waals surface area contributed by atoms with E-state index < -0.39 is 21.8 Å². The molecule has 3 aromatic heterocycles. The van der Waals surface area contributed by atoms with Crippen LogP contribution < -0.4 is 5.19 Å². The molecule has 3 heterocycles. The zero-order valence-corrected chi connectivity index (χ0v) is 25.5. The first-order valence-corrected chi connectivity index (χ1v) is 16.3. The van der Waals surface area contributed by atoms with E-state index in [1.165, 1.54) is 11.3 Å². The average molecular weight is 713 g/mol. The fraction of sp³-hybridized carbons (Fsp3) is 0.152. The molecule has 3 aromatic carbocycles. The van der Waals surface area contributed by atoms with Gasteiger partial charge in [-0.25, -0.2) is 0 Å². The van der Waals surface area contributed by atoms with Gasteiger partial charge in [0.05, 0.1) is 8.07 Å². The number of hydrogen-bond acceptors (Lipinski definition) is 3. The van der Waals surface area contributed by atoms with Gasteiger partial charge < -0.3 is 9.97 Å². The van der Waals surface area contributed by atoms with Gasteiger partial charge in [-0.2, -0.15) is 11.3 Å². The van der Waals surface area contributed by atoms with Crippen molar-refractivity contribution < 1.29 is 28.3 Å². The Hall–Kier alpha value is -2.95. The standard InChI is InChI=1S/C19H14NS.C14H16NSi.Ir/c1-12-10-17(20-11-13(12)2)16-8-5-7-15-14-6-3-4-9-18(14)21-19(15)16;1-16(2,3)13-9-10-14(15-11-13)12-7-5-4-6-8-12;/h3-7,9-11H,1-2H3;4-7,9-11H,1-3H3;/q2*-1;/i1D3,2D3;;. The number of aryl methyl sites for hydroxylation is 2. The van der Waals surface area contributed by atoms with Gasteiger partial charge in [0.15, 0.2) is 0 Å². The van der Waals surface area contributed by atoms with E-state index in [0.29, 0.717) is 11.3 Å². The van der Waals surface area contributed by atoms with Crippen molar-refractivity contribution in [1.29, 1.82) is 0 Å². The monoisotopic (exact) mass is 713 g/mol. The van der Waals surface area contributed by atoms with Crippen LogP contribution in [0.25, 0.3) is 42.7 Å². The van der Waals surface area contributed by atoms with Gasteiger partial charge in [0.1, 0.15) is 0 Å². The predicted octanol–water partition coefficient (Wildman–Crippen LogP) is 8.63. The average Bonchev–Trinajstić information content (AvgIpc) is 3.35. The van der Waals surface area contributed by atoms with Gasteiger partial charge in [-0.3, -0.25) is 0 Å². The molecule has 1 radical (unpaired) electrons. The largest absolute Gasteiger partial charge is 0.305 e. The summed E-state index contributed by atoms with van der Waals surface area (Å²) in [6.07, 6.45) is 3.17. The molecule has 0 aliphatic carbocycles. The Morgan fingerprint density at radius 3 is 2.26 bits per heavy atom. The molecule has 0 spiro atoms. The summed E-state index contributed by atoms with van der Waals surface area (Å²) in [5, 5.41) is 3.55. The van der Waals surface area contributed by atoms with Crippen LogP contribution in [0.5, 0.6) is 0 Å². The minimum absolute atomic E-state index is 0. The second-order valence-electron chi connectivity index (χ2n) is 9.77. The Morgan fingerprint density at radius 2 is 1.55 bits per heavy atom. The number of rotatable bonds is 3. The summed E-state index contributed by atoms with van der Waals surface area (Å²) in [5.74, 6) is 0. The van der Waals surface area contributed by atoms with E-state index in [1.807, 2.05) is 60.8 Å². The molecular formula is C33H30IrN2SSi-2. The number of hydrogen-bond donors (Lipinski definition) is 0. The second kappa shape index (κ2) is 11.8. The molecule has 0 bridgehead atoms. The van der Waals surface area contributed by atoms with Crippen molar-refractivity contribution in [2.24, 2.45) is 0 Å². The van der Waals surface area contributed by atoms with Crippen molar-refractivity contribution in [3.63, 3.8) is 0 Å². The van der Waals surface area contributed by atoms with Gasteiger partial charge in [0.2, 0.25) is 0 Å². The topological polar surface area (TPSA) is 25.8 Å². The molecule has 0 amide bonds. The molecule has 5 heteroatoms. The summed E-state index contributed by atoms with van der Waals surface area (Å²) in [7, 11) is -1.23. The van der Waals surface area contributed by atoms with Crippen LogP contribution >= 0.6 is 11.3 Å². The summed E-state index contributed by atoms with van der Waals surface area (Å²) >= 11 is 1.58. The van der Waals surface area contributed by atoms with Crippen molar-refractivity contribution in [2.45, 2.75) is 33.3 Å². The normalized spacial score (nSPS) is 14.1. The molecule has 2 nitrogen and oxygen atoms in total. The third-order valence-electron chi connectivity index (χ3n) is 6.11. The molecule has 0 unspecified atom stereocenters. The molecule has 6 aromatic rings. The number of nitrogens with zero attached hydrogens (tertiary/aromatic N) is 2. The Bertz CT molecular complexity index is 1880. The van der Waals surface area contributed by atoms with E-state index in [-0.39, 0.29) is 31.2 Å². The Labute approximate surface area is 252 Å². The molecular weight excluding hydrogens is 677 g/mol. The van der Waals surface area contributed by atoms with E-state index in [0.717, 1.165) is 37.6 Å². The summed E-state index contributed by atoms with van der Waals surface area (Å²) in [4.78, 5) is 8.79. The number of pyridine rings is 2.